The van der Waals surface area contributed by atoms with E-state index in [-0.39, 0.29) is 5.91 Å². The Labute approximate surface area is 187 Å². The van der Waals surface area contributed by atoms with Gasteiger partial charge in [0.25, 0.3) is 5.91 Å². The second kappa shape index (κ2) is 10.2. The number of amides is 1. The van der Waals surface area contributed by atoms with Crippen LogP contribution in [0.15, 0.2) is 46.3 Å². The third kappa shape index (κ3) is 5.69. The van der Waals surface area contributed by atoms with Crippen LogP contribution in [0.1, 0.15) is 16.8 Å². The van der Waals surface area contributed by atoms with Gasteiger partial charge < -0.3 is 14.8 Å². The van der Waals surface area contributed by atoms with E-state index in [0.717, 1.165) is 59.4 Å². The van der Waals surface area contributed by atoms with E-state index in [0.29, 0.717) is 18.0 Å². The quantitative estimate of drug-likeness (QED) is 0.461. The fraction of sp³-hybridized carbons (Fsp3) is 0.333. The second-order valence-corrected chi connectivity index (χ2v) is 9.37. The third-order valence-electron chi connectivity index (χ3n) is 4.76. The molecule has 0 spiro atoms. The van der Waals surface area contributed by atoms with Gasteiger partial charge in [0.1, 0.15) is 17.3 Å². The minimum absolute atomic E-state index is 0.198. The summed E-state index contributed by atoms with van der Waals surface area (Å²) in [6, 6.07) is 13.0. The maximum Gasteiger partial charge on any atom is 0.256 e. The molecule has 0 bridgehead atoms. The number of hydrogen-bond acceptors (Lipinski definition) is 6. The Morgan fingerprint density at radius 1 is 1.23 bits per heavy atom. The predicted octanol–water partition coefficient (Wildman–Crippen LogP) is 4.25. The number of nitrogens with one attached hydrogen (secondary N) is 2. The molecule has 1 aliphatic rings. The topological polar surface area (TPSA) is 79.5 Å². The summed E-state index contributed by atoms with van der Waals surface area (Å²) in [4.78, 5) is 15.9. The Morgan fingerprint density at radius 2 is 2.03 bits per heavy atom. The monoisotopic (exact) mass is 490 g/mol. The normalized spacial score (nSPS) is 14.6. The summed E-state index contributed by atoms with van der Waals surface area (Å²) in [5, 5.41) is 9.96. The van der Waals surface area contributed by atoms with Gasteiger partial charge in [0, 0.05) is 31.3 Å². The number of halogens is 1. The number of carbonyl (C=O) groups is 1. The van der Waals surface area contributed by atoms with Gasteiger partial charge in [-0.05, 0) is 58.7 Å². The Morgan fingerprint density at radius 3 is 2.77 bits per heavy atom. The number of carbonyl (C=O) groups excluding carboxylic acids is 1. The number of aromatic amines is 1. The number of thiophene rings is 1. The van der Waals surface area contributed by atoms with Crippen molar-refractivity contribution >= 4 is 39.0 Å². The van der Waals surface area contributed by atoms with Crippen molar-refractivity contribution in [3.63, 3.8) is 0 Å². The maximum absolute atomic E-state index is 12.5. The summed E-state index contributed by atoms with van der Waals surface area (Å²) in [6.07, 6.45) is 0.963. The number of nitrogens with zero attached hydrogens (tertiary/aromatic N) is 2. The molecule has 0 atom stereocenters. The minimum Gasteiger partial charge on any atom is -0.494 e. The molecule has 30 heavy (non-hydrogen) atoms. The Kier molecular flexibility index (Phi) is 7.16. The van der Waals surface area contributed by atoms with Crippen LogP contribution in [0, 0.1) is 0 Å². The summed E-state index contributed by atoms with van der Waals surface area (Å²) >= 11 is 5.03. The fourth-order valence-corrected chi connectivity index (χ4v) is 4.51. The standard InChI is InChI=1S/C21H23BrN4O3S/c22-19-7-6-18(30-19)17-14-20(25-24-17)23-21(27)15-2-4-16(5-3-15)29-11-1-8-26-9-12-28-13-10-26/h2-7,14H,1,8-13H2,(H2,23,24,25,27). The molecule has 0 saturated carbocycles. The first-order valence-corrected chi connectivity index (χ1v) is 11.4. The molecule has 2 N–H and O–H groups in total. The van der Waals surface area contributed by atoms with Crippen LogP contribution < -0.4 is 10.1 Å². The van der Waals surface area contributed by atoms with Crippen molar-refractivity contribution in [3.8, 4) is 16.3 Å². The highest BCUT2D eigenvalue weighted by molar-refractivity contribution is 9.11. The van der Waals surface area contributed by atoms with E-state index in [2.05, 4.69) is 36.3 Å². The molecule has 1 saturated heterocycles. The van der Waals surface area contributed by atoms with Gasteiger partial charge >= 0.3 is 0 Å². The molecule has 1 aromatic carbocycles. The lowest BCUT2D eigenvalue weighted by Gasteiger charge is -2.26. The van der Waals surface area contributed by atoms with Crippen molar-refractivity contribution in [1.29, 1.82) is 0 Å². The lowest BCUT2D eigenvalue weighted by atomic mass is 10.2. The molecule has 0 radical (unpaired) electrons. The van der Waals surface area contributed by atoms with E-state index in [1.807, 2.05) is 30.3 Å². The van der Waals surface area contributed by atoms with Crippen LogP contribution >= 0.6 is 27.3 Å². The van der Waals surface area contributed by atoms with Gasteiger partial charge in [-0.3, -0.25) is 14.8 Å². The minimum atomic E-state index is -0.198. The summed E-state index contributed by atoms with van der Waals surface area (Å²) in [7, 11) is 0. The number of morpholine rings is 1. The first kappa shape index (κ1) is 21.0. The average molecular weight is 491 g/mol. The number of benzene rings is 1. The smallest absolute Gasteiger partial charge is 0.256 e. The molecule has 1 aliphatic heterocycles. The molecule has 0 unspecified atom stereocenters. The SMILES string of the molecule is O=C(Nc1cc(-c2ccc(Br)s2)n[nH]1)c1ccc(OCCCN2CCOCC2)cc1. The van der Waals surface area contributed by atoms with Gasteiger partial charge in [-0.15, -0.1) is 11.3 Å². The number of H-pyrrole nitrogens is 1. The largest absolute Gasteiger partial charge is 0.494 e. The number of rotatable bonds is 8. The molecule has 7 nitrogen and oxygen atoms in total. The first-order valence-electron chi connectivity index (χ1n) is 9.83. The van der Waals surface area contributed by atoms with Crippen molar-refractivity contribution in [2.24, 2.45) is 0 Å². The van der Waals surface area contributed by atoms with Gasteiger partial charge in [0.15, 0.2) is 0 Å². The maximum atomic E-state index is 12.5. The van der Waals surface area contributed by atoms with Crippen molar-refractivity contribution in [2.45, 2.75) is 6.42 Å². The number of aromatic nitrogens is 2. The molecule has 4 rings (SSSR count). The summed E-state index contributed by atoms with van der Waals surface area (Å²) in [5.74, 6) is 1.13. The third-order valence-corrected chi connectivity index (χ3v) is 6.41. The fourth-order valence-electron chi connectivity index (χ4n) is 3.16. The van der Waals surface area contributed by atoms with Gasteiger partial charge in [-0.25, -0.2) is 0 Å². The van der Waals surface area contributed by atoms with E-state index in [1.165, 1.54) is 0 Å². The van der Waals surface area contributed by atoms with E-state index in [9.17, 15) is 4.79 Å². The van der Waals surface area contributed by atoms with Crippen molar-refractivity contribution in [2.75, 3.05) is 44.8 Å². The van der Waals surface area contributed by atoms with Gasteiger partial charge in [-0.1, -0.05) is 0 Å². The highest BCUT2D eigenvalue weighted by Crippen LogP contribution is 2.31. The Balaban J connectivity index is 1.24. The molecule has 3 heterocycles. The molecule has 0 aliphatic carbocycles. The van der Waals surface area contributed by atoms with Crippen LogP contribution in [0.5, 0.6) is 5.75 Å². The molecular formula is C21H23BrN4O3S. The van der Waals surface area contributed by atoms with Gasteiger partial charge in [-0.2, -0.15) is 5.10 Å². The summed E-state index contributed by atoms with van der Waals surface area (Å²) in [6.45, 7) is 5.28. The Bertz CT molecular complexity index is 967. The van der Waals surface area contributed by atoms with Crippen molar-refractivity contribution in [1.82, 2.24) is 15.1 Å². The van der Waals surface area contributed by atoms with E-state index < -0.39 is 0 Å². The number of ether oxygens (including phenoxy) is 2. The van der Waals surface area contributed by atoms with Crippen LogP contribution in [-0.2, 0) is 4.74 Å². The number of anilines is 1. The van der Waals surface area contributed by atoms with Gasteiger partial charge in [0.2, 0.25) is 0 Å². The zero-order valence-corrected chi connectivity index (χ0v) is 18.8. The molecular weight excluding hydrogens is 468 g/mol. The zero-order valence-electron chi connectivity index (χ0n) is 16.4. The van der Waals surface area contributed by atoms with Crippen LogP contribution in [-0.4, -0.2) is 60.5 Å². The molecule has 2 aromatic heterocycles. The average Bonchev–Trinajstić information content (AvgIpc) is 3.41. The zero-order chi connectivity index (χ0) is 20.8. The van der Waals surface area contributed by atoms with Crippen LogP contribution in [0.25, 0.3) is 10.6 Å². The molecule has 9 heteroatoms. The van der Waals surface area contributed by atoms with Crippen LogP contribution in [0.4, 0.5) is 5.82 Å². The van der Waals surface area contributed by atoms with Crippen LogP contribution in [0.2, 0.25) is 0 Å². The highest BCUT2D eigenvalue weighted by atomic mass is 79.9. The highest BCUT2D eigenvalue weighted by Gasteiger charge is 2.12. The van der Waals surface area contributed by atoms with Gasteiger partial charge in [0.05, 0.1) is 28.5 Å². The van der Waals surface area contributed by atoms with Crippen LogP contribution in [0.3, 0.4) is 0 Å². The Hall–Kier alpha value is -2.20. The predicted molar refractivity (Wildman–Crippen MR) is 121 cm³/mol. The summed E-state index contributed by atoms with van der Waals surface area (Å²) in [5.41, 5.74) is 1.35. The lowest BCUT2D eigenvalue weighted by Crippen LogP contribution is -2.37. The molecule has 1 amide bonds. The number of hydrogen-bond donors (Lipinski definition) is 2. The van der Waals surface area contributed by atoms with E-state index in [1.54, 1.807) is 23.5 Å². The lowest BCUT2D eigenvalue weighted by molar-refractivity contribution is 0.0358. The molecule has 158 valence electrons. The molecule has 3 aromatic rings. The summed E-state index contributed by atoms with van der Waals surface area (Å²) < 4.78 is 12.2. The van der Waals surface area contributed by atoms with E-state index in [4.69, 9.17) is 9.47 Å². The van der Waals surface area contributed by atoms with E-state index >= 15 is 0 Å². The van der Waals surface area contributed by atoms with Crippen molar-refractivity contribution < 1.29 is 14.3 Å². The second-order valence-electron chi connectivity index (χ2n) is 6.91. The van der Waals surface area contributed by atoms with Crippen molar-refractivity contribution in [3.05, 3.63) is 51.8 Å². The first-order chi connectivity index (χ1) is 14.7. The molecule has 1 fully saturated rings.